The largest absolute Gasteiger partial charge is 0.496 e. The van der Waals surface area contributed by atoms with Gasteiger partial charge in [0, 0.05) is 21.3 Å². The van der Waals surface area contributed by atoms with Crippen LogP contribution in [0.5, 0.6) is 5.75 Å². The molecule has 0 saturated carbocycles. The Labute approximate surface area is 203 Å². The number of hydrogen-bond acceptors (Lipinski definition) is 3. The van der Waals surface area contributed by atoms with Gasteiger partial charge in [0.15, 0.2) is 0 Å². The molecular formula is C26H27Cl2FN2O2. The average molecular weight is 489 g/mol. The zero-order valence-corrected chi connectivity index (χ0v) is 20.3. The molecule has 2 aromatic carbocycles. The number of allylic oxidation sites excluding steroid dienone is 4. The molecule has 2 N–H and O–H groups in total. The molecule has 1 heterocycles. The zero-order valence-electron chi connectivity index (χ0n) is 18.8. The van der Waals surface area contributed by atoms with Crippen LogP contribution in [0.1, 0.15) is 36.9 Å². The third-order valence-corrected chi connectivity index (χ3v) is 7.42. The number of fused-ring (bicyclic) bond motifs is 1. The molecule has 0 bridgehead atoms. The summed E-state index contributed by atoms with van der Waals surface area (Å²) in [6, 6.07) is 9.28. The average Bonchev–Trinajstić information content (AvgIpc) is 3.06. The van der Waals surface area contributed by atoms with Crippen molar-refractivity contribution in [3.63, 3.8) is 0 Å². The normalized spacial score (nSPS) is 23.5. The Morgan fingerprint density at radius 3 is 2.73 bits per heavy atom. The molecule has 1 unspecified atom stereocenters. The van der Waals surface area contributed by atoms with Gasteiger partial charge >= 0.3 is 0 Å². The van der Waals surface area contributed by atoms with E-state index in [4.69, 9.17) is 27.9 Å². The van der Waals surface area contributed by atoms with Crippen LogP contribution in [0.3, 0.4) is 0 Å². The standard InChI is InChI=1S/C26H27Cl2FN2O2/c1-4-20(15-6-5-7-16(27)12-15)26(21-10-8-17(28)13-22(21)31-25(26)32)24(30-2)19-14-18(29)9-11-23(19)33-3/h5-11,13-15,20,24,30H,4,12H2,1-3H3,(H,31,32)/t15?,20-,24-,26+/m0/s1. The van der Waals surface area contributed by atoms with E-state index < -0.39 is 17.3 Å². The molecule has 4 atom stereocenters. The predicted octanol–water partition coefficient (Wildman–Crippen LogP) is 6.36. The van der Waals surface area contributed by atoms with Crippen LogP contribution in [0.4, 0.5) is 10.1 Å². The van der Waals surface area contributed by atoms with Crippen molar-refractivity contribution in [2.24, 2.45) is 11.8 Å². The Hall–Kier alpha value is -2.34. The van der Waals surface area contributed by atoms with Crippen molar-refractivity contribution in [3.05, 3.63) is 81.6 Å². The van der Waals surface area contributed by atoms with Crippen molar-refractivity contribution in [2.45, 2.75) is 31.2 Å². The number of halogens is 3. The summed E-state index contributed by atoms with van der Waals surface area (Å²) in [4.78, 5) is 14.0. The lowest BCUT2D eigenvalue weighted by Gasteiger charge is -2.45. The van der Waals surface area contributed by atoms with E-state index in [-0.39, 0.29) is 17.7 Å². The Bertz CT molecular complexity index is 1130. The van der Waals surface area contributed by atoms with Gasteiger partial charge < -0.3 is 15.4 Å². The third-order valence-electron chi connectivity index (χ3n) is 6.91. The van der Waals surface area contributed by atoms with Gasteiger partial charge in [-0.1, -0.05) is 54.8 Å². The molecule has 4 rings (SSSR count). The van der Waals surface area contributed by atoms with Crippen molar-refractivity contribution in [3.8, 4) is 5.75 Å². The van der Waals surface area contributed by atoms with Crippen LogP contribution in [0.25, 0.3) is 0 Å². The number of rotatable bonds is 7. The summed E-state index contributed by atoms with van der Waals surface area (Å²) in [6.45, 7) is 2.07. The molecule has 1 amide bonds. The van der Waals surface area contributed by atoms with E-state index in [1.54, 1.807) is 32.4 Å². The molecule has 33 heavy (non-hydrogen) atoms. The molecule has 174 valence electrons. The summed E-state index contributed by atoms with van der Waals surface area (Å²) in [5.41, 5.74) is 1.02. The molecule has 2 aromatic rings. The van der Waals surface area contributed by atoms with Crippen LogP contribution < -0.4 is 15.4 Å². The number of amides is 1. The second-order valence-corrected chi connectivity index (χ2v) is 9.42. The Balaban J connectivity index is 2.00. The minimum absolute atomic E-state index is 0.00952. The van der Waals surface area contributed by atoms with Crippen molar-refractivity contribution in [1.29, 1.82) is 0 Å². The summed E-state index contributed by atoms with van der Waals surface area (Å²) in [6.07, 6.45) is 7.26. The number of carbonyl (C=O) groups excluding carboxylic acids is 1. The highest BCUT2D eigenvalue weighted by molar-refractivity contribution is 6.31. The molecular weight excluding hydrogens is 462 g/mol. The summed E-state index contributed by atoms with van der Waals surface area (Å²) in [7, 11) is 3.33. The Kier molecular flexibility index (Phi) is 6.85. The minimum Gasteiger partial charge on any atom is -0.496 e. The number of hydrogen-bond donors (Lipinski definition) is 2. The fourth-order valence-corrected chi connectivity index (χ4v) is 6.08. The maximum Gasteiger partial charge on any atom is 0.237 e. The number of likely N-dealkylation sites (N-methyl/N-ethyl adjacent to an activating group) is 1. The van der Waals surface area contributed by atoms with Gasteiger partial charge in [-0.05, 0) is 67.3 Å². The number of benzene rings is 2. The number of methoxy groups -OCH3 is 1. The van der Waals surface area contributed by atoms with E-state index in [9.17, 15) is 9.18 Å². The minimum atomic E-state index is -1.06. The second kappa shape index (κ2) is 9.49. The topological polar surface area (TPSA) is 50.4 Å². The van der Waals surface area contributed by atoms with Gasteiger partial charge in [0.1, 0.15) is 11.6 Å². The smallest absolute Gasteiger partial charge is 0.237 e. The van der Waals surface area contributed by atoms with Crippen LogP contribution >= 0.6 is 23.2 Å². The monoisotopic (exact) mass is 488 g/mol. The highest BCUT2D eigenvalue weighted by atomic mass is 35.5. The van der Waals surface area contributed by atoms with E-state index in [0.717, 1.165) is 10.6 Å². The molecule has 0 radical (unpaired) electrons. The summed E-state index contributed by atoms with van der Waals surface area (Å²) in [5, 5.41) is 7.68. The van der Waals surface area contributed by atoms with E-state index in [0.29, 0.717) is 34.9 Å². The van der Waals surface area contributed by atoms with E-state index >= 15 is 0 Å². The molecule has 0 saturated heterocycles. The first kappa shape index (κ1) is 23.8. The SMILES string of the molecule is CC[C@@H](C1C=CC=C(Cl)C1)[C@@]1([C@@H](NC)c2cc(F)ccc2OC)C(=O)Nc2cc(Cl)ccc21. The van der Waals surface area contributed by atoms with Crippen molar-refractivity contribution in [1.82, 2.24) is 5.32 Å². The molecule has 0 spiro atoms. The first-order valence-electron chi connectivity index (χ1n) is 11.0. The van der Waals surface area contributed by atoms with Crippen molar-refractivity contribution >= 4 is 34.8 Å². The summed E-state index contributed by atoms with van der Waals surface area (Å²) < 4.78 is 20.1. The highest BCUT2D eigenvalue weighted by Crippen LogP contribution is 2.56. The van der Waals surface area contributed by atoms with Gasteiger partial charge in [-0.15, -0.1) is 0 Å². The molecule has 2 aliphatic rings. The van der Waals surface area contributed by atoms with Crippen LogP contribution in [-0.4, -0.2) is 20.1 Å². The molecule has 7 heteroatoms. The lowest BCUT2D eigenvalue weighted by atomic mass is 9.58. The summed E-state index contributed by atoms with van der Waals surface area (Å²) in [5.74, 6) is -0.180. The molecule has 1 aliphatic heterocycles. The predicted molar refractivity (Wildman–Crippen MR) is 131 cm³/mol. The van der Waals surface area contributed by atoms with Crippen molar-refractivity contribution in [2.75, 3.05) is 19.5 Å². The van der Waals surface area contributed by atoms with Crippen LogP contribution in [0.2, 0.25) is 5.02 Å². The fourth-order valence-electron chi connectivity index (χ4n) is 5.66. The van der Waals surface area contributed by atoms with Gasteiger partial charge in [0.05, 0.1) is 18.6 Å². The first-order valence-corrected chi connectivity index (χ1v) is 11.8. The number of nitrogens with one attached hydrogen (secondary N) is 2. The maximum atomic E-state index is 14.5. The second-order valence-electron chi connectivity index (χ2n) is 8.50. The molecule has 0 aromatic heterocycles. The van der Waals surface area contributed by atoms with Crippen LogP contribution in [0.15, 0.2) is 59.7 Å². The van der Waals surface area contributed by atoms with Crippen LogP contribution in [-0.2, 0) is 10.2 Å². The van der Waals surface area contributed by atoms with E-state index in [1.165, 1.54) is 12.1 Å². The molecule has 1 aliphatic carbocycles. The number of carbonyl (C=O) groups is 1. The third kappa shape index (κ3) is 3.96. The highest BCUT2D eigenvalue weighted by Gasteiger charge is 2.58. The maximum absolute atomic E-state index is 14.5. The van der Waals surface area contributed by atoms with E-state index in [2.05, 4.69) is 23.6 Å². The lowest BCUT2D eigenvalue weighted by molar-refractivity contribution is -0.125. The number of anilines is 1. The zero-order chi connectivity index (χ0) is 23.8. The molecule has 0 fully saturated rings. The van der Waals surface area contributed by atoms with Gasteiger partial charge in [-0.2, -0.15) is 0 Å². The number of ether oxygens (including phenoxy) is 1. The van der Waals surface area contributed by atoms with Gasteiger partial charge in [0.2, 0.25) is 5.91 Å². The van der Waals surface area contributed by atoms with Gasteiger partial charge in [-0.3, -0.25) is 4.79 Å². The Morgan fingerprint density at radius 1 is 1.27 bits per heavy atom. The molecule has 4 nitrogen and oxygen atoms in total. The fraction of sp³-hybridized carbons (Fsp3) is 0.346. The Morgan fingerprint density at radius 2 is 2.06 bits per heavy atom. The van der Waals surface area contributed by atoms with Gasteiger partial charge in [0.25, 0.3) is 0 Å². The van der Waals surface area contributed by atoms with Crippen LogP contribution in [0, 0.1) is 17.7 Å². The lowest BCUT2D eigenvalue weighted by Crippen LogP contribution is -2.53. The van der Waals surface area contributed by atoms with Gasteiger partial charge in [-0.25, -0.2) is 4.39 Å². The first-order chi connectivity index (χ1) is 15.9. The quantitative estimate of drug-likeness (QED) is 0.476. The van der Waals surface area contributed by atoms with E-state index in [1.807, 2.05) is 18.2 Å². The van der Waals surface area contributed by atoms with Crippen molar-refractivity contribution < 1.29 is 13.9 Å². The summed E-state index contributed by atoms with van der Waals surface area (Å²) >= 11 is 12.7.